The van der Waals surface area contributed by atoms with Gasteiger partial charge in [0, 0.05) is 18.8 Å². The van der Waals surface area contributed by atoms with Crippen LogP contribution in [-0.4, -0.2) is 32.5 Å². The Bertz CT molecular complexity index is 453. The molecule has 1 aromatic carbocycles. The van der Waals surface area contributed by atoms with Crippen LogP contribution in [0.25, 0.3) is 0 Å². The normalized spacial score (nSPS) is 12.6. The van der Waals surface area contributed by atoms with Crippen LogP contribution in [0.2, 0.25) is 0 Å². The van der Waals surface area contributed by atoms with Gasteiger partial charge >= 0.3 is 0 Å². The molecule has 2 N–H and O–H groups in total. The first-order valence-corrected chi connectivity index (χ1v) is 5.62. The van der Waals surface area contributed by atoms with Gasteiger partial charge in [-0.25, -0.2) is 4.98 Å². The molecule has 2 aromatic rings. The van der Waals surface area contributed by atoms with Crippen LogP contribution in [0, 0.1) is 0 Å². The zero-order valence-electron chi connectivity index (χ0n) is 9.53. The number of nitrogens with zero attached hydrogens (tertiary/aromatic N) is 2. The second-order valence-electron chi connectivity index (χ2n) is 3.99. The topological polar surface area (TPSA) is 58.3 Å². The third kappa shape index (κ3) is 3.15. The van der Waals surface area contributed by atoms with Crippen molar-refractivity contribution in [2.45, 2.75) is 19.1 Å². The summed E-state index contributed by atoms with van der Waals surface area (Å²) >= 11 is 0. The Morgan fingerprint density at radius 2 is 2.00 bits per heavy atom. The lowest BCUT2D eigenvalue weighted by Crippen LogP contribution is -2.20. The fourth-order valence-electron chi connectivity index (χ4n) is 1.74. The van der Waals surface area contributed by atoms with Crippen LogP contribution in [0.3, 0.4) is 0 Å². The first-order valence-electron chi connectivity index (χ1n) is 5.62. The molecule has 0 aliphatic heterocycles. The third-order valence-corrected chi connectivity index (χ3v) is 2.62. The van der Waals surface area contributed by atoms with Gasteiger partial charge < -0.3 is 14.8 Å². The molecule has 90 valence electrons. The van der Waals surface area contributed by atoms with Crippen molar-refractivity contribution < 1.29 is 10.2 Å². The summed E-state index contributed by atoms with van der Waals surface area (Å²) in [5.74, 6) is 0.892. The van der Waals surface area contributed by atoms with E-state index in [1.165, 1.54) is 5.56 Å². The van der Waals surface area contributed by atoms with E-state index in [1.807, 2.05) is 41.1 Å². The van der Waals surface area contributed by atoms with Crippen LogP contribution in [0.5, 0.6) is 0 Å². The minimum Gasteiger partial charge on any atom is -0.394 e. The van der Waals surface area contributed by atoms with Crippen LogP contribution >= 0.6 is 0 Å². The van der Waals surface area contributed by atoms with Gasteiger partial charge in [0.1, 0.15) is 5.82 Å². The highest BCUT2D eigenvalue weighted by atomic mass is 16.3. The number of aliphatic hydroxyl groups excluding tert-OH is 2. The SMILES string of the molecule is OCC(O)Cn1ccnc1Cc1ccccc1. The Kier molecular flexibility index (Phi) is 3.90. The average Bonchev–Trinajstić information content (AvgIpc) is 2.78. The van der Waals surface area contributed by atoms with E-state index in [9.17, 15) is 5.11 Å². The Morgan fingerprint density at radius 1 is 1.24 bits per heavy atom. The number of aromatic nitrogens is 2. The standard InChI is InChI=1S/C13H16N2O2/c16-10-12(17)9-15-7-6-14-13(15)8-11-4-2-1-3-5-11/h1-7,12,16-17H,8-10H2. The van der Waals surface area contributed by atoms with E-state index >= 15 is 0 Å². The van der Waals surface area contributed by atoms with Crippen molar-refractivity contribution in [3.05, 3.63) is 54.1 Å². The first kappa shape index (κ1) is 11.8. The van der Waals surface area contributed by atoms with Crippen LogP contribution in [-0.2, 0) is 13.0 Å². The summed E-state index contributed by atoms with van der Waals surface area (Å²) in [5.41, 5.74) is 1.18. The summed E-state index contributed by atoms with van der Waals surface area (Å²) in [6.45, 7) is 0.140. The fraction of sp³-hybridized carbons (Fsp3) is 0.308. The zero-order chi connectivity index (χ0) is 12.1. The van der Waals surface area contributed by atoms with Crippen molar-refractivity contribution >= 4 is 0 Å². The molecule has 0 radical (unpaired) electrons. The lowest BCUT2D eigenvalue weighted by Gasteiger charge is -2.11. The molecule has 2 rings (SSSR count). The monoisotopic (exact) mass is 232 g/mol. The number of rotatable bonds is 5. The van der Waals surface area contributed by atoms with Gasteiger partial charge in [-0.05, 0) is 5.56 Å². The second-order valence-corrected chi connectivity index (χ2v) is 3.99. The Morgan fingerprint density at radius 3 is 2.71 bits per heavy atom. The van der Waals surface area contributed by atoms with Crippen molar-refractivity contribution in [1.82, 2.24) is 9.55 Å². The van der Waals surface area contributed by atoms with Gasteiger partial charge in [-0.1, -0.05) is 30.3 Å². The van der Waals surface area contributed by atoms with E-state index in [1.54, 1.807) is 6.20 Å². The summed E-state index contributed by atoms with van der Waals surface area (Å²) in [4.78, 5) is 4.27. The van der Waals surface area contributed by atoms with E-state index in [2.05, 4.69) is 4.98 Å². The molecular weight excluding hydrogens is 216 g/mol. The summed E-state index contributed by atoms with van der Waals surface area (Å²) in [6, 6.07) is 10.0. The lowest BCUT2D eigenvalue weighted by molar-refractivity contribution is 0.0806. The number of aliphatic hydroxyl groups is 2. The Balaban J connectivity index is 2.09. The van der Waals surface area contributed by atoms with Crippen molar-refractivity contribution in [3.63, 3.8) is 0 Å². The van der Waals surface area contributed by atoms with Crippen molar-refractivity contribution in [2.75, 3.05) is 6.61 Å². The maximum Gasteiger partial charge on any atom is 0.113 e. The first-order chi connectivity index (χ1) is 8.29. The van der Waals surface area contributed by atoms with Gasteiger partial charge in [-0.3, -0.25) is 0 Å². The van der Waals surface area contributed by atoms with Crippen LogP contribution < -0.4 is 0 Å². The summed E-state index contributed by atoms with van der Waals surface area (Å²) in [5, 5.41) is 18.3. The summed E-state index contributed by atoms with van der Waals surface area (Å²) < 4.78 is 1.87. The summed E-state index contributed by atoms with van der Waals surface area (Å²) in [7, 11) is 0. The molecule has 0 spiro atoms. The van der Waals surface area contributed by atoms with Crippen molar-refractivity contribution in [2.24, 2.45) is 0 Å². The van der Waals surface area contributed by atoms with Crippen LogP contribution in [0.15, 0.2) is 42.7 Å². The van der Waals surface area contributed by atoms with Gasteiger partial charge in [0.05, 0.1) is 19.3 Å². The van der Waals surface area contributed by atoms with Gasteiger partial charge in [-0.15, -0.1) is 0 Å². The molecular formula is C13H16N2O2. The van der Waals surface area contributed by atoms with E-state index in [0.29, 0.717) is 6.54 Å². The van der Waals surface area contributed by atoms with Gasteiger partial charge in [0.2, 0.25) is 0 Å². The molecule has 1 aromatic heterocycles. The van der Waals surface area contributed by atoms with Gasteiger partial charge in [0.15, 0.2) is 0 Å². The minimum atomic E-state index is -0.737. The molecule has 1 unspecified atom stereocenters. The fourth-order valence-corrected chi connectivity index (χ4v) is 1.74. The predicted octanol–water partition coefficient (Wildman–Crippen LogP) is 0.827. The summed E-state index contributed by atoms with van der Waals surface area (Å²) in [6.07, 6.45) is 3.52. The van der Waals surface area contributed by atoms with E-state index < -0.39 is 6.10 Å². The molecule has 0 fully saturated rings. The van der Waals surface area contributed by atoms with Crippen molar-refractivity contribution in [1.29, 1.82) is 0 Å². The minimum absolute atomic E-state index is 0.233. The predicted molar refractivity (Wildman–Crippen MR) is 64.6 cm³/mol. The molecule has 1 atom stereocenters. The highest BCUT2D eigenvalue weighted by Gasteiger charge is 2.08. The second kappa shape index (κ2) is 5.61. The van der Waals surface area contributed by atoms with E-state index in [0.717, 1.165) is 12.2 Å². The molecule has 0 aliphatic rings. The molecule has 17 heavy (non-hydrogen) atoms. The molecule has 0 amide bonds. The molecule has 1 heterocycles. The molecule has 4 heteroatoms. The molecule has 0 saturated heterocycles. The maximum absolute atomic E-state index is 9.42. The average molecular weight is 232 g/mol. The third-order valence-electron chi connectivity index (χ3n) is 2.62. The highest BCUT2D eigenvalue weighted by Crippen LogP contribution is 2.08. The van der Waals surface area contributed by atoms with Crippen molar-refractivity contribution in [3.8, 4) is 0 Å². The van der Waals surface area contributed by atoms with Gasteiger partial charge in [-0.2, -0.15) is 0 Å². The molecule has 0 bridgehead atoms. The molecule has 0 saturated carbocycles. The Labute approximate surface area is 100 Å². The molecule has 4 nitrogen and oxygen atoms in total. The Hall–Kier alpha value is -1.65. The largest absolute Gasteiger partial charge is 0.394 e. The number of benzene rings is 1. The van der Waals surface area contributed by atoms with Gasteiger partial charge in [0.25, 0.3) is 0 Å². The van der Waals surface area contributed by atoms with E-state index in [-0.39, 0.29) is 6.61 Å². The smallest absolute Gasteiger partial charge is 0.113 e. The zero-order valence-corrected chi connectivity index (χ0v) is 9.53. The molecule has 0 aliphatic carbocycles. The quantitative estimate of drug-likeness (QED) is 0.802. The van der Waals surface area contributed by atoms with Crippen LogP contribution in [0.4, 0.5) is 0 Å². The highest BCUT2D eigenvalue weighted by molar-refractivity contribution is 5.19. The number of hydrogen-bond donors (Lipinski definition) is 2. The lowest BCUT2D eigenvalue weighted by atomic mass is 10.1. The van der Waals surface area contributed by atoms with E-state index in [4.69, 9.17) is 5.11 Å². The maximum atomic E-state index is 9.42. The number of imidazole rings is 1. The number of hydrogen-bond acceptors (Lipinski definition) is 3. The van der Waals surface area contributed by atoms with Crippen LogP contribution in [0.1, 0.15) is 11.4 Å².